The van der Waals surface area contributed by atoms with Gasteiger partial charge in [-0.1, -0.05) is 11.6 Å². The van der Waals surface area contributed by atoms with Crippen molar-refractivity contribution in [3.8, 4) is 0 Å². The molecule has 0 bridgehead atoms. The SMILES string of the molecule is C[C@H](N)[C@@H]1CCCN(S(=O)(=O)c2ccc(C(F)(F)F)cc2Cl)C1. The molecule has 0 saturated carbocycles. The second-order valence-corrected chi connectivity index (χ2v) is 8.08. The molecule has 1 saturated heterocycles. The van der Waals surface area contributed by atoms with Gasteiger partial charge in [0.15, 0.2) is 0 Å². The van der Waals surface area contributed by atoms with Crippen molar-refractivity contribution in [1.82, 2.24) is 4.31 Å². The van der Waals surface area contributed by atoms with Crippen LogP contribution >= 0.6 is 11.6 Å². The third-order valence-corrected chi connectivity index (χ3v) is 6.39. The zero-order chi connectivity index (χ0) is 17.4. The van der Waals surface area contributed by atoms with Crippen LogP contribution in [0.2, 0.25) is 5.02 Å². The van der Waals surface area contributed by atoms with Gasteiger partial charge in [0, 0.05) is 19.1 Å². The van der Waals surface area contributed by atoms with E-state index in [0.29, 0.717) is 19.0 Å². The Morgan fingerprint density at radius 2 is 2.04 bits per heavy atom. The van der Waals surface area contributed by atoms with Crippen molar-refractivity contribution >= 4 is 21.6 Å². The van der Waals surface area contributed by atoms with E-state index in [4.69, 9.17) is 17.3 Å². The Balaban J connectivity index is 2.33. The molecule has 2 rings (SSSR count). The molecule has 1 aromatic carbocycles. The Bertz CT molecular complexity index is 677. The first-order chi connectivity index (χ1) is 10.5. The largest absolute Gasteiger partial charge is 0.416 e. The first kappa shape index (κ1) is 18.5. The Morgan fingerprint density at radius 3 is 2.57 bits per heavy atom. The van der Waals surface area contributed by atoms with E-state index in [2.05, 4.69) is 0 Å². The zero-order valence-electron chi connectivity index (χ0n) is 12.5. The highest BCUT2D eigenvalue weighted by Gasteiger charge is 2.35. The molecule has 0 aliphatic carbocycles. The van der Waals surface area contributed by atoms with Gasteiger partial charge in [-0.3, -0.25) is 0 Å². The highest BCUT2D eigenvalue weighted by Crippen LogP contribution is 2.35. The summed E-state index contributed by atoms with van der Waals surface area (Å²) in [5.74, 6) is 0.0201. The minimum absolute atomic E-state index is 0.0201. The fourth-order valence-electron chi connectivity index (χ4n) is 2.65. The number of sulfonamides is 1. The average Bonchev–Trinajstić information content (AvgIpc) is 2.46. The van der Waals surface area contributed by atoms with Gasteiger partial charge in [0.2, 0.25) is 10.0 Å². The van der Waals surface area contributed by atoms with Gasteiger partial charge in [-0.2, -0.15) is 17.5 Å². The van der Waals surface area contributed by atoms with Crippen LogP contribution in [0.5, 0.6) is 0 Å². The van der Waals surface area contributed by atoms with Crippen LogP contribution in [0.4, 0.5) is 13.2 Å². The first-order valence-electron chi connectivity index (χ1n) is 7.16. The van der Waals surface area contributed by atoms with Crippen LogP contribution < -0.4 is 5.73 Å². The fraction of sp³-hybridized carbons (Fsp3) is 0.571. The van der Waals surface area contributed by atoms with Crippen molar-refractivity contribution in [2.45, 2.75) is 36.9 Å². The van der Waals surface area contributed by atoms with E-state index in [1.165, 1.54) is 4.31 Å². The van der Waals surface area contributed by atoms with E-state index in [-0.39, 0.29) is 23.4 Å². The van der Waals surface area contributed by atoms with Gasteiger partial charge in [-0.25, -0.2) is 8.42 Å². The summed E-state index contributed by atoms with van der Waals surface area (Å²) in [6, 6.07) is 2.12. The standard InChI is InChI=1S/C14H18ClF3N2O2S/c1-9(19)10-3-2-6-20(8-10)23(21,22)13-5-4-11(7-12(13)15)14(16,17)18/h4-5,7,9-10H,2-3,6,8,19H2,1H3/t9-,10+/m0/s1. The predicted molar refractivity (Wildman–Crippen MR) is 81.6 cm³/mol. The Morgan fingerprint density at radius 1 is 1.39 bits per heavy atom. The van der Waals surface area contributed by atoms with Gasteiger partial charge in [0.05, 0.1) is 10.6 Å². The van der Waals surface area contributed by atoms with E-state index in [9.17, 15) is 21.6 Å². The number of nitrogens with zero attached hydrogens (tertiary/aromatic N) is 1. The summed E-state index contributed by atoms with van der Waals surface area (Å²) in [7, 11) is -3.94. The number of nitrogens with two attached hydrogens (primary N) is 1. The molecule has 9 heteroatoms. The van der Waals surface area contributed by atoms with Crippen molar-refractivity contribution in [1.29, 1.82) is 0 Å². The van der Waals surface area contributed by atoms with Crippen LogP contribution in [0.3, 0.4) is 0 Å². The molecular formula is C14H18ClF3N2O2S. The van der Waals surface area contributed by atoms with E-state index in [1.54, 1.807) is 0 Å². The predicted octanol–water partition coefficient (Wildman–Crippen LogP) is 3.11. The van der Waals surface area contributed by atoms with Crippen LogP contribution in [0.25, 0.3) is 0 Å². The number of hydrogen-bond donors (Lipinski definition) is 1. The number of piperidine rings is 1. The lowest BCUT2D eigenvalue weighted by Crippen LogP contribution is -2.45. The Kier molecular flexibility index (Phi) is 5.30. The molecular weight excluding hydrogens is 353 g/mol. The van der Waals surface area contributed by atoms with Crippen LogP contribution in [0, 0.1) is 5.92 Å². The number of halogens is 4. The molecule has 1 aliphatic rings. The zero-order valence-corrected chi connectivity index (χ0v) is 14.0. The minimum Gasteiger partial charge on any atom is -0.328 e. The molecule has 1 fully saturated rings. The van der Waals surface area contributed by atoms with Gasteiger partial charge >= 0.3 is 6.18 Å². The number of hydrogen-bond acceptors (Lipinski definition) is 3. The normalized spacial score (nSPS) is 22.1. The second-order valence-electron chi connectivity index (χ2n) is 5.77. The van der Waals surface area contributed by atoms with Gasteiger partial charge in [0.25, 0.3) is 0 Å². The minimum atomic E-state index is -4.57. The molecule has 4 nitrogen and oxygen atoms in total. The summed E-state index contributed by atoms with van der Waals surface area (Å²) in [6.45, 7) is 2.37. The summed E-state index contributed by atoms with van der Waals surface area (Å²) in [4.78, 5) is -0.308. The molecule has 2 atom stereocenters. The third kappa shape index (κ3) is 3.99. The van der Waals surface area contributed by atoms with Crippen molar-refractivity contribution in [2.75, 3.05) is 13.1 Å². The van der Waals surface area contributed by atoms with E-state index >= 15 is 0 Å². The molecule has 0 amide bonds. The molecule has 0 radical (unpaired) electrons. The van der Waals surface area contributed by atoms with E-state index < -0.39 is 26.8 Å². The molecule has 0 spiro atoms. The molecule has 1 aromatic rings. The van der Waals surface area contributed by atoms with E-state index in [1.807, 2.05) is 6.92 Å². The molecule has 1 aliphatic heterocycles. The summed E-state index contributed by atoms with van der Waals surface area (Å²) >= 11 is 5.81. The third-order valence-electron chi connectivity index (χ3n) is 4.04. The summed E-state index contributed by atoms with van der Waals surface area (Å²) in [6.07, 6.45) is -3.09. The highest BCUT2D eigenvalue weighted by atomic mass is 35.5. The van der Waals surface area contributed by atoms with Crippen molar-refractivity contribution in [3.05, 3.63) is 28.8 Å². The van der Waals surface area contributed by atoms with Crippen LogP contribution in [-0.4, -0.2) is 31.9 Å². The van der Waals surface area contributed by atoms with Crippen LogP contribution in [0.15, 0.2) is 23.1 Å². The quantitative estimate of drug-likeness (QED) is 0.889. The van der Waals surface area contributed by atoms with Gasteiger partial charge < -0.3 is 5.73 Å². The summed E-state index contributed by atoms with van der Waals surface area (Å²) < 4.78 is 64.5. The van der Waals surface area contributed by atoms with Crippen LogP contribution in [0.1, 0.15) is 25.3 Å². The molecule has 23 heavy (non-hydrogen) atoms. The second kappa shape index (κ2) is 6.58. The lowest BCUT2D eigenvalue weighted by molar-refractivity contribution is -0.137. The Hall–Kier alpha value is -0.830. The van der Waals surface area contributed by atoms with Crippen molar-refractivity contribution in [3.63, 3.8) is 0 Å². The molecule has 0 unspecified atom stereocenters. The summed E-state index contributed by atoms with van der Waals surface area (Å²) in [5.41, 5.74) is 4.86. The Labute approximate surface area is 138 Å². The summed E-state index contributed by atoms with van der Waals surface area (Å²) in [5, 5.41) is -0.428. The highest BCUT2D eigenvalue weighted by molar-refractivity contribution is 7.89. The maximum Gasteiger partial charge on any atom is 0.416 e. The monoisotopic (exact) mass is 370 g/mol. The maximum atomic E-state index is 12.7. The maximum absolute atomic E-state index is 12.7. The van der Waals surface area contributed by atoms with Crippen LogP contribution in [-0.2, 0) is 16.2 Å². The van der Waals surface area contributed by atoms with Gasteiger partial charge in [-0.15, -0.1) is 0 Å². The lowest BCUT2D eigenvalue weighted by Gasteiger charge is -2.34. The van der Waals surface area contributed by atoms with Gasteiger partial charge in [-0.05, 0) is 43.9 Å². The van der Waals surface area contributed by atoms with Gasteiger partial charge in [0.1, 0.15) is 4.90 Å². The molecule has 2 N–H and O–H groups in total. The number of alkyl halides is 3. The number of rotatable bonds is 3. The molecule has 1 heterocycles. The average molecular weight is 371 g/mol. The fourth-order valence-corrected chi connectivity index (χ4v) is 4.70. The molecule has 0 aromatic heterocycles. The lowest BCUT2D eigenvalue weighted by atomic mass is 9.93. The number of benzene rings is 1. The smallest absolute Gasteiger partial charge is 0.328 e. The topological polar surface area (TPSA) is 63.4 Å². The first-order valence-corrected chi connectivity index (χ1v) is 8.97. The van der Waals surface area contributed by atoms with E-state index in [0.717, 1.165) is 18.6 Å². The van der Waals surface area contributed by atoms with Crippen molar-refractivity contribution in [2.24, 2.45) is 11.7 Å². The molecule has 130 valence electrons. The van der Waals surface area contributed by atoms with Crippen molar-refractivity contribution < 1.29 is 21.6 Å².